The third kappa shape index (κ3) is 6.12. The Bertz CT molecular complexity index is 1100. The Morgan fingerprint density at radius 3 is 1.91 bits per heavy atom. The van der Waals surface area contributed by atoms with Crippen molar-refractivity contribution in [2.24, 2.45) is 5.73 Å². The number of benzene rings is 3. The summed E-state index contributed by atoms with van der Waals surface area (Å²) in [7, 11) is 1.57. The van der Waals surface area contributed by atoms with Gasteiger partial charge in [-0.1, -0.05) is 0 Å². The molecule has 3 aromatic carbocycles. The molecule has 164 valence electrons. The molecule has 0 heterocycles. The van der Waals surface area contributed by atoms with Gasteiger partial charge in [-0.25, -0.2) is 0 Å². The SMILES string of the molecule is COc1ccc(C(=O)Nc2ccc(SC(C)C(=O)Nc3ccc(C(N)=O)cc3)cc2)cc1. The molecule has 0 aliphatic heterocycles. The minimum atomic E-state index is -0.518. The largest absolute Gasteiger partial charge is 0.497 e. The smallest absolute Gasteiger partial charge is 0.255 e. The summed E-state index contributed by atoms with van der Waals surface area (Å²) in [5, 5.41) is 5.30. The summed E-state index contributed by atoms with van der Waals surface area (Å²) in [4.78, 5) is 36.8. The first-order valence-electron chi connectivity index (χ1n) is 9.78. The van der Waals surface area contributed by atoms with Gasteiger partial charge in [0, 0.05) is 27.4 Å². The Hall–Kier alpha value is -3.78. The van der Waals surface area contributed by atoms with Crippen LogP contribution in [0.25, 0.3) is 0 Å². The molecule has 32 heavy (non-hydrogen) atoms. The van der Waals surface area contributed by atoms with E-state index >= 15 is 0 Å². The van der Waals surface area contributed by atoms with Gasteiger partial charge >= 0.3 is 0 Å². The molecule has 0 aromatic heterocycles. The predicted molar refractivity (Wildman–Crippen MR) is 126 cm³/mol. The molecule has 0 radical (unpaired) electrons. The van der Waals surface area contributed by atoms with Crippen LogP contribution in [0.4, 0.5) is 11.4 Å². The van der Waals surface area contributed by atoms with E-state index < -0.39 is 5.91 Å². The molecule has 3 rings (SSSR count). The minimum Gasteiger partial charge on any atom is -0.497 e. The Labute approximate surface area is 190 Å². The summed E-state index contributed by atoms with van der Waals surface area (Å²) in [6, 6.07) is 20.5. The van der Waals surface area contributed by atoms with Gasteiger partial charge in [0.2, 0.25) is 11.8 Å². The molecular weight excluding hydrogens is 426 g/mol. The molecule has 0 aliphatic carbocycles. The predicted octanol–water partition coefficient (Wildman–Crippen LogP) is 4.17. The quantitative estimate of drug-likeness (QED) is 0.447. The van der Waals surface area contributed by atoms with Crippen LogP contribution in [-0.2, 0) is 4.79 Å². The van der Waals surface area contributed by atoms with Crippen molar-refractivity contribution >= 4 is 40.9 Å². The average Bonchev–Trinajstić information content (AvgIpc) is 2.80. The minimum absolute atomic E-state index is 0.168. The summed E-state index contributed by atoms with van der Waals surface area (Å²) in [6.07, 6.45) is 0. The zero-order chi connectivity index (χ0) is 23.1. The molecule has 4 N–H and O–H groups in total. The molecule has 7 nitrogen and oxygen atoms in total. The lowest BCUT2D eigenvalue weighted by molar-refractivity contribution is -0.115. The lowest BCUT2D eigenvalue weighted by Gasteiger charge is -2.13. The maximum absolute atomic E-state index is 12.5. The van der Waals surface area contributed by atoms with Crippen LogP contribution in [0.3, 0.4) is 0 Å². The van der Waals surface area contributed by atoms with Crippen LogP contribution in [0, 0.1) is 0 Å². The normalized spacial score (nSPS) is 11.3. The number of carbonyl (C=O) groups is 3. The second kappa shape index (κ2) is 10.5. The highest BCUT2D eigenvalue weighted by Gasteiger charge is 2.15. The van der Waals surface area contributed by atoms with E-state index in [0.29, 0.717) is 28.3 Å². The van der Waals surface area contributed by atoms with E-state index in [0.717, 1.165) is 4.90 Å². The molecule has 8 heteroatoms. The van der Waals surface area contributed by atoms with E-state index in [1.54, 1.807) is 74.7 Å². The molecule has 0 spiro atoms. The van der Waals surface area contributed by atoms with Crippen LogP contribution in [0.2, 0.25) is 0 Å². The Kier molecular flexibility index (Phi) is 7.51. The first-order valence-corrected chi connectivity index (χ1v) is 10.7. The van der Waals surface area contributed by atoms with E-state index in [4.69, 9.17) is 10.5 Å². The van der Waals surface area contributed by atoms with E-state index in [-0.39, 0.29) is 17.1 Å². The number of methoxy groups -OCH3 is 1. The zero-order valence-corrected chi connectivity index (χ0v) is 18.4. The van der Waals surface area contributed by atoms with E-state index in [1.807, 2.05) is 12.1 Å². The lowest BCUT2D eigenvalue weighted by atomic mass is 10.2. The van der Waals surface area contributed by atoms with Gasteiger partial charge in [-0.15, -0.1) is 11.8 Å². The highest BCUT2D eigenvalue weighted by molar-refractivity contribution is 8.00. The number of carbonyl (C=O) groups excluding carboxylic acids is 3. The fourth-order valence-electron chi connectivity index (χ4n) is 2.78. The Morgan fingerprint density at radius 1 is 0.812 bits per heavy atom. The third-order valence-electron chi connectivity index (χ3n) is 4.58. The van der Waals surface area contributed by atoms with Gasteiger partial charge in [-0.2, -0.15) is 0 Å². The van der Waals surface area contributed by atoms with Crippen molar-refractivity contribution in [2.75, 3.05) is 17.7 Å². The lowest BCUT2D eigenvalue weighted by Crippen LogP contribution is -2.22. The number of anilines is 2. The van der Waals surface area contributed by atoms with Crippen LogP contribution in [0.15, 0.2) is 77.7 Å². The van der Waals surface area contributed by atoms with Crippen molar-refractivity contribution in [2.45, 2.75) is 17.1 Å². The van der Waals surface area contributed by atoms with Crippen LogP contribution in [-0.4, -0.2) is 30.1 Å². The van der Waals surface area contributed by atoms with E-state index in [9.17, 15) is 14.4 Å². The monoisotopic (exact) mass is 449 g/mol. The molecule has 0 saturated heterocycles. The molecule has 3 aromatic rings. The van der Waals surface area contributed by atoms with Gasteiger partial charge in [-0.3, -0.25) is 14.4 Å². The molecule has 0 bridgehead atoms. The van der Waals surface area contributed by atoms with E-state index in [2.05, 4.69) is 10.6 Å². The van der Waals surface area contributed by atoms with Crippen molar-refractivity contribution in [1.29, 1.82) is 0 Å². The summed E-state index contributed by atoms with van der Waals surface area (Å²) >= 11 is 1.39. The van der Waals surface area contributed by atoms with Crippen molar-refractivity contribution in [3.8, 4) is 5.75 Å². The topological polar surface area (TPSA) is 111 Å². The maximum Gasteiger partial charge on any atom is 0.255 e. The Balaban J connectivity index is 1.54. The van der Waals surface area contributed by atoms with Gasteiger partial charge < -0.3 is 21.1 Å². The summed E-state index contributed by atoms with van der Waals surface area (Å²) in [6.45, 7) is 1.80. The number of primary amides is 1. The second-order valence-corrected chi connectivity index (χ2v) is 8.31. The molecule has 0 saturated carbocycles. The molecule has 0 aliphatic rings. The number of nitrogens with two attached hydrogens (primary N) is 1. The van der Waals surface area contributed by atoms with Crippen molar-refractivity contribution in [1.82, 2.24) is 0 Å². The van der Waals surface area contributed by atoms with Gasteiger partial charge in [0.05, 0.1) is 12.4 Å². The highest BCUT2D eigenvalue weighted by atomic mass is 32.2. The average molecular weight is 450 g/mol. The zero-order valence-electron chi connectivity index (χ0n) is 17.6. The van der Waals surface area contributed by atoms with E-state index in [1.165, 1.54) is 11.8 Å². The van der Waals surface area contributed by atoms with Crippen molar-refractivity contribution in [3.63, 3.8) is 0 Å². The molecule has 3 amide bonds. The van der Waals surface area contributed by atoms with Crippen LogP contribution in [0.5, 0.6) is 5.75 Å². The maximum atomic E-state index is 12.5. The molecular formula is C24H23N3O4S. The molecule has 0 fully saturated rings. The van der Waals surface area contributed by atoms with Crippen molar-refractivity contribution < 1.29 is 19.1 Å². The molecule has 1 unspecified atom stereocenters. The number of nitrogens with one attached hydrogen (secondary N) is 2. The fourth-order valence-corrected chi connectivity index (χ4v) is 3.65. The van der Waals surface area contributed by atoms with Crippen LogP contribution in [0.1, 0.15) is 27.6 Å². The summed E-state index contributed by atoms with van der Waals surface area (Å²) in [5.74, 6) is -0.221. The van der Waals surface area contributed by atoms with Gasteiger partial charge in [0.15, 0.2) is 0 Å². The first-order chi connectivity index (χ1) is 15.4. The van der Waals surface area contributed by atoms with Crippen LogP contribution >= 0.6 is 11.8 Å². The fraction of sp³-hybridized carbons (Fsp3) is 0.125. The van der Waals surface area contributed by atoms with Gasteiger partial charge in [0.25, 0.3) is 5.91 Å². The number of thioether (sulfide) groups is 1. The summed E-state index contributed by atoms with van der Waals surface area (Å²) in [5.41, 5.74) is 7.37. The van der Waals surface area contributed by atoms with Crippen molar-refractivity contribution in [3.05, 3.63) is 83.9 Å². The second-order valence-electron chi connectivity index (χ2n) is 6.90. The molecule has 1 atom stereocenters. The standard InChI is InChI=1S/C24H23N3O4S/c1-15(23(29)26-18-7-3-16(4-8-18)22(25)28)32-21-13-9-19(10-14-21)27-24(30)17-5-11-20(31-2)12-6-17/h3-15H,1-2H3,(H2,25,28)(H,26,29)(H,27,30). The van der Waals surface area contributed by atoms with Gasteiger partial charge in [-0.05, 0) is 79.7 Å². The van der Waals surface area contributed by atoms with Gasteiger partial charge in [0.1, 0.15) is 5.75 Å². The number of ether oxygens (including phenoxy) is 1. The number of hydrogen-bond donors (Lipinski definition) is 3. The highest BCUT2D eigenvalue weighted by Crippen LogP contribution is 2.26. The number of rotatable bonds is 8. The summed E-state index contributed by atoms with van der Waals surface area (Å²) < 4.78 is 5.10. The van der Waals surface area contributed by atoms with Crippen LogP contribution < -0.4 is 21.1 Å². The number of amides is 3. The first kappa shape index (κ1) is 22.9. The number of hydrogen-bond acceptors (Lipinski definition) is 5. The Morgan fingerprint density at radius 2 is 1.34 bits per heavy atom. The third-order valence-corrected chi connectivity index (χ3v) is 5.70.